The molecule has 0 aliphatic rings. The van der Waals surface area contributed by atoms with E-state index in [-0.39, 0.29) is 33.0 Å². The Labute approximate surface area is 196 Å². The van der Waals surface area contributed by atoms with Crippen LogP contribution in [0.2, 0.25) is 0 Å². The second kappa shape index (κ2) is 14.7. The molecule has 2 aromatic rings. The van der Waals surface area contributed by atoms with Crippen LogP contribution in [0.4, 0.5) is 0 Å². The average molecular weight is 421 g/mol. The van der Waals surface area contributed by atoms with Crippen molar-refractivity contribution in [2.75, 3.05) is 13.2 Å². The van der Waals surface area contributed by atoms with Crippen molar-refractivity contribution < 1.29 is 33.1 Å². The van der Waals surface area contributed by atoms with Gasteiger partial charge in [-0.15, -0.1) is 0 Å². The van der Waals surface area contributed by atoms with Crippen LogP contribution in [0.5, 0.6) is 11.5 Å². The first-order chi connectivity index (χ1) is 14.1. The number of hydrogen-bond donors (Lipinski definition) is 0. The second-order valence-corrected chi connectivity index (χ2v) is 8.73. The van der Waals surface area contributed by atoms with Crippen molar-refractivity contribution >= 4 is 19.4 Å². The van der Waals surface area contributed by atoms with E-state index in [2.05, 4.69) is 13.8 Å². The van der Waals surface area contributed by atoms with Gasteiger partial charge in [-0.3, -0.25) is 4.79 Å². The Balaban J connectivity index is 0.00000450. The molecule has 0 aliphatic heterocycles. The van der Waals surface area contributed by atoms with Gasteiger partial charge in [0.25, 0.3) is 0 Å². The minimum absolute atomic E-state index is 0. The predicted molar refractivity (Wildman–Crippen MR) is 125 cm³/mol. The molecule has 0 bridgehead atoms. The van der Waals surface area contributed by atoms with Gasteiger partial charge >= 0.3 is 18.9 Å². The van der Waals surface area contributed by atoms with E-state index >= 15 is 0 Å². The van der Waals surface area contributed by atoms with Crippen molar-refractivity contribution in [1.29, 1.82) is 0 Å². The SMILES string of the molecule is CCCCCOc1ccc(PC(=O)c2c(C)cccc2C)c(OCCCCC)c1.[Li+]. The fourth-order valence-electron chi connectivity index (χ4n) is 3.25. The summed E-state index contributed by atoms with van der Waals surface area (Å²) in [6, 6.07) is 11.9. The van der Waals surface area contributed by atoms with Crippen LogP contribution in [0.1, 0.15) is 73.9 Å². The summed E-state index contributed by atoms with van der Waals surface area (Å²) in [4.78, 5) is 13.0. The largest absolute Gasteiger partial charge is 1.00 e. The molecule has 0 amide bonds. The second-order valence-electron chi connectivity index (χ2n) is 7.49. The van der Waals surface area contributed by atoms with Crippen LogP contribution in [-0.4, -0.2) is 18.7 Å². The van der Waals surface area contributed by atoms with Gasteiger partial charge in [-0.1, -0.05) is 57.7 Å². The van der Waals surface area contributed by atoms with E-state index in [1.807, 2.05) is 50.2 Å². The standard InChI is InChI=1S/C25H35O3P.Li/c1-5-7-9-16-27-21-14-15-23(22(18-21)28-17-10-8-6-2)29-25(26)24-19(3)12-11-13-20(24)4;/h11-15,18,29H,5-10,16-17H2,1-4H3;/q;+1. The molecule has 2 aromatic carbocycles. The quantitative estimate of drug-likeness (QED) is 0.282. The summed E-state index contributed by atoms with van der Waals surface area (Å²) in [5.74, 6) is 1.60. The van der Waals surface area contributed by atoms with Gasteiger partial charge in [0, 0.05) is 16.9 Å². The summed E-state index contributed by atoms with van der Waals surface area (Å²) in [6.45, 7) is 9.75. The Morgan fingerprint density at radius 3 is 2.07 bits per heavy atom. The first-order valence-corrected chi connectivity index (χ1v) is 11.8. The molecule has 30 heavy (non-hydrogen) atoms. The van der Waals surface area contributed by atoms with Crippen LogP contribution < -0.4 is 33.6 Å². The van der Waals surface area contributed by atoms with Crippen molar-refractivity contribution in [3.05, 3.63) is 53.1 Å². The number of unbranched alkanes of at least 4 members (excludes halogenated alkanes) is 4. The average Bonchev–Trinajstić information content (AvgIpc) is 2.70. The van der Waals surface area contributed by atoms with Gasteiger partial charge in [-0.05, 0) is 58.5 Å². The van der Waals surface area contributed by atoms with Gasteiger partial charge in [0.05, 0.1) is 13.2 Å². The zero-order valence-corrected chi connectivity index (χ0v) is 20.3. The number of carbonyl (C=O) groups excluding carboxylic acids is 1. The normalized spacial score (nSPS) is 10.8. The number of hydrogen-bond acceptors (Lipinski definition) is 3. The molecule has 0 saturated heterocycles. The molecule has 3 nitrogen and oxygen atoms in total. The Hall–Kier alpha value is -1.26. The maximum atomic E-state index is 13.0. The van der Waals surface area contributed by atoms with Crippen molar-refractivity contribution in [2.45, 2.75) is 66.2 Å². The molecular formula is C25H35LiO3P+. The van der Waals surface area contributed by atoms with Crippen LogP contribution in [0, 0.1) is 13.8 Å². The molecule has 2 rings (SSSR count). The van der Waals surface area contributed by atoms with E-state index in [1.165, 1.54) is 12.8 Å². The molecule has 0 N–H and O–H groups in total. The molecule has 0 fully saturated rings. The van der Waals surface area contributed by atoms with Gasteiger partial charge in [0.15, 0.2) is 5.52 Å². The van der Waals surface area contributed by atoms with Crippen LogP contribution in [-0.2, 0) is 0 Å². The molecule has 0 aliphatic carbocycles. The van der Waals surface area contributed by atoms with E-state index in [9.17, 15) is 4.79 Å². The monoisotopic (exact) mass is 421 g/mol. The molecule has 0 heterocycles. The smallest absolute Gasteiger partial charge is 0.493 e. The number of carbonyl (C=O) groups is 1. The van der Waals surface area contributed by atoms with E-state index in [1.54, 1.807) is 0 Å². The van der Waals surface area contributed by atoms with Crippen molar-refractivity contribution in [2.24, 2.45) is 0 Å². The zero-order valence-electron chi connectivity index (χ0n) is 19.3. The Morgan fingerprint density at radius 1 is 0.867 bits per heavy atom. The molecule has 0 spiro atoms. The maximum absolute atomic E-state index is 13.0. The summed E-state index contributed by atoms with van der Waals surface area (Å²) >= 11 is 0. The summed E-state index contributed by atoms with van der Waals surface area (Å²) in [6.07, 6.45) is 6.72. The van der Waals surface area contributed by atoms with E-state index < -0.39 is 0 Å². The summed E-state index contributed by atoms with van der Waals surface area (Å²) in [7, 11) is 0.0387. The molecule has 0 saturated carbocycles. The number of ether oxygens (including phenoxy) is 2. The summed E-state index contributed by atoms with van der Waals surface area (Å²) in [5.41, 5.74) is 3.06. The third-order valence-electron chi connectivity index (χ3n) is 4.93. The van der Waals surface area contributed by atoms with Crippen LogP contribution in [0.25, 0.3) is 0 Å². The Bertz CT molecular complexity index is 772. The number of aryl methyl sites for hydroxylation is 2. The maximum Gasteiger partial charge on any atom is 1.00 e. The predicted octanol–water partition coefficient (Wildman–Crippen LogP) is 3.59. The molecule has 0 radical (unpaired) electrons. The summed E-state index contributed by atoms with van der Waals surface area (Å²) in [5, 5.41) is 0.954. The molecule has 5 heteroatoms. The van der Waals surface area contributed by atoms with Crippen LogP contribution in [0.3, 0.4) is 0 Å². The van der Waals surface area contributed by atoms with E-state index in [0.717, 1.165) is 59.2 Å². The van der Waals surface area contributed by atoms with Gasteiger partial charge in [-0.2, -0.15) is 0 Å². The number of rotatable bonds is 13. The van der Waals surface area contributed by atoms with Gasteiger partial charge in [0.2, 0.25) is 0 Å². The first kappa shape index (κ1) is 26.8. The zero-order chi connectivity index (χ0) is 21.1. The fourth-order valence-corrected chi connectivity index (χ4v) is 4.45. The minimum Gasteiger partial charge on any atom is -0.493 e. The third kappa shape index (κ3) is 8.47. The van der Waals surface area contributed by atoms with Crippen LogP contribution in [0.15, 0.2) is 36.4 Å². The third-order valence-corrected chi connectivity index (χ3v) is 6.09. The minimum atomic E-state index is 0. The van der Waals surface area contributed by atoms with Crippen molar-refractivity contribution in [3.8, 4) is 11.5 Å². The molecular weight excluding hydrogens is 386 g/mol. The Morgan fingerprint density at radius 2 is 1.47 bits per heavy atom. The van der Waals surface area contributed by atoms with Crippen molar-refractivity contribution in [1.82, 2.24) is 0 Å². The van der Waals surface area contributed by atoms with E-state index in [0.29, 0.717) is 13.2 Å². The van der Waals surface area contributed by atoms with Crippen molar-refractivity contribution in [3.63, 3.8) is 0 Å². The molecule has 1 unspecified atom stereocenters. The summed E-state index contributed by atoms with van der Waals surface area (Å²) < 4.78 is 12.0. The number of benzene rings is 2. The van der Waals surface area contributed by atoms with Crippen LogP contribution >= 0.6 is 8.58 Å². The molecule has 158 valence electrons. The van der Waals surface area contributed by atoms with E-state index in [4.69, 9.17) is 9.47 Å². The van der Waals surface area contributed by atoms with Gasteiger partial charge < -0.3 is 9.47 Å². The Kier molecular flexibility index (Phi) is 13.1. The first-order valence-electron chi connectivity index (χ1n) is 10.8. The molecule has 1 atom stereocenters. The molecule has 0 aromatic heterocycles. The van der Waals surface area contributed by atoms with Gasteiger partial charge in [0.1, 0.15) is 11.5 Å². The van der Waals surface area contributed by atoms with Gasteiger partial charge in [-0.25, -0.2) is 0 Å². The fraction of sp³-hybridized carbons (Fsp3) is 0.480. The topological polar surface area (TPSA) is 35.5 Å².